The fourth-order valence-electron chi connectivity index (χ4n) is 2.12. The van der Waals surface area contributed by atoms with Gasteiger partial charge >= 0.3 is 0 Å². The van der Waals surface area contributed by atoms with Crippen LogP contribution < -0.4 is 0 Å². The van der Waals surface area contributed by atoms with Gasteiger partial charge in [0.15, 0.2) is 0 Å². The van der Waals surface area contributed by atoms with Crippen molar-refractivity contribution in [2.45, 2.75) is 26.4 Å². The molecule has 21 heavy (non-hydrogen) atoms. The standard InChI is InChI=1S/C17H19NO3/c1-12(2)18(11-13-6-4-3-5-7-13)17(21)15-10-14(19)8-9-16(15)20/h3-10,12,19-20H,11H2,1-2H3. The number of phenolic OH excluding ortho intramolecular Hbond substituents is 2. The predicted octanol–water partition coefficient (Wildman–Crippen LogP) is 3.15. The largest absolute Gasteiger partial charge is 0.508 e. The number of hydrogen-bond acceptors (Lipinski definition) is 3. The maximum atomic E-state index is 12.6. The van der Waals surface area contributed by atoms with Gasteiger partial charge < -0.3 is 15.1 Å². The molecule has 2 N–H and O–H groups in total. The van der Waals surface area contributed by atoms with Crippen LogP contribution in [0, 0.1) is 0 Å². The lowest BCUT2D eigenvalue weighted by Crippen LogP contribution is -2.36. The van der Waals surface area contributed by atoms with Crippen LogP contribution >= 0.6 is 0 Å². The molecule has 0 atom stereocenters. The van der Waals surface area contributed by atoms with E-state index in [2.05, 4.69) is 0 Å². The highest BCUT2D eigenvalue weighted by atomic mass is 16.3. The molecule has 0 aromatic heterocycles. The molecule has 4 heteroatoms. The smallest absolute Gasteiger partial charge is 0.258 e. The van der Waals surface area contributed by atoms with Crippen LogP contribution in [0.2, 0.25) is 0 Å². The van der Waals surface area contributed by atoms with Crippen LogP contribution in [0.3, 0.4) is 0 Å². The van der Waals surface area contributed by atoms with E-state index in [-0.39, 0.29) is 29.0 Å². The van der Waals surface area contributed by atoms with Gasteiger partial charge in [0.1, 0.15) is 11.5 Å². The maximum Gasteiger partial charge on any atom is 0.258 e. The summed E-state index contributed by atoms with van der Waals surface area (Å²) in [6, 6.07) is 13.6. The van der Waals surface area contributed by atoms with Gasteiger partial charge in [-0.05, 0) is 37.6 Å². The Morgan fingerprint density at radius 3 is 2.38 bits per heavy atom. The number of hydrogen-bond donors (Lipinski definition) is 2. The van der Waals surface area contributed by atoms with Crippen LogP contribution in [-0.2, 0) is 6.54 Å². The first-order valence-electron chi connectivity index (χ1n) is 6.86. The van der Waals surface area contributed by atoms with E-state index in [0.29, 0.717) is 6.54 Å². The van der Waals surface area contributed by atoms with Crippen LogP contribution in [0.1, 0.15) is 29.8 Å². The molecular formula is C17H19NO3. The molecule has 4 nitrogen and oxygen atoms in total. The maximum absolute atomic E-state index is 12.6. The van der Waals surface area contributed by atoms with Gasteiger partial charge in [-0.15, -0.1) is 0 Å². The summed E-state index contributed by atoms with van der Waals surface area (Å²) < 4.78 is 0. The minimum Gasteiger partial charge on any atom is -0.508 e. The first kappa shape index (κ1) is 14.9. The second-order valence-corrected chi connectivity index (χ2v) is 5.21. The molecule has 0 saturated carbocycles. The summed E-state index contributed by atoms with van der Waals surface area (Å²) in [7, 11) is 0. The highest BCUT2D eigenvalue weighted by Gasteiger charge is 2.22. The van der Waals surface area contributed by atoms with E-state index in [1.54, 1.807) is 4.90 Å². The lowest BCUT2D eigenvalue weighted by atomic mass is 10.1. The summed E-state index contributed by atoms with van der Waals surface area (Å²) in [6.45, 7) is 4.29. The summed E-state index contributed by atoms with van der Waals surface area (Å²) in [4.78, 5) is 14.3. The monoisotopic (exact) mass is 285 g/mol. The summed E-state index contributed by atoms with van der Waals surface area (Å²) >= 11 is 0. The zero-order chi connectivity index (χ0) is 15.4. The molecule has 2 aromatic rings. The molecule has 0 unspecified atom stereocenters. The van der Waals surface area contributed by atoms with Crippen molar-refractivity contribution in [3.05, 3.63) is 59.7 Å². The quantitative estimate of drug-likeness (QED) is 0.848. The number of benzene rings is 2. The van der Waals surface area contributed by atoms with Gasteiger partial charge in [-0.1, -0.05) is 30.3 Å². The average molecular weight is 285 g/mol. The Labute approximate surface area is 124 Å². The van der Waals surface area contributed by atoms with Gasteiger partial charge in [-0.3, -0.25) is 4.79 Å². The molecule has 0 spiro atoms. The number of phenols is 2. The zero-order valence-corrected chi connectivity index (χ0v) is 12.2. The van der Waals surface area contributed by atoms with Crippen LogP contribution in [0.15, 0.2) is 48.5 Å². The number of aromatic hydroxyl groups is 2. The summed E-state index contributed by atoms with van der Waals surface area (Å²) in [6.07, 6.45) is 0. The second-order valence-electron chi connectivity index (χ2n) is 5.21. The molecule has 0 aliphatic rings. The van der Waals surface area contributed by atoms with Crippen LogP contribution in [0.25, 0.3) is 0 Å². The molecule has 0 bridgehead atoms. The third-order valence-electron chi connectivity index (χ3n) is 3.29. The molecule has 2 aromatic carbocycles. The molecule has 0 radical (unpaired) electrons. The SMILES string of the molecule is CC(C)N(Cc1ccccc1)C(=O)c1cc(O)ccc1O. The highest BCUT2D eigenvalue weighted by molar-refractivity contribution is 5.97. The third-order valence-corrected chi connectivity index (χ3v) is 3.29. The van der Waals surface area contributed by atoms with Crippen molar-refractivity contribution in [2.24, 2.45) is 0 Å². The number of amides is 1. The van der Waals surface area contributed by atoms with E-state index in [0.717, 1.165) is 5.56 Å². The Balaban J connectivity index is 2.30. The Kier molecular flexibility index (Phi) is 4.48. The summed E-state index contributed by atoms with van der Waals surface area (Å²) in [5, 5.41) is 19.4. The first-order chi connectivity index (χ1) is 9.99. The van der Waals surface area contributed by atoms with E-state index in [4.69, 9.17) is 0 Å². The van der Waals surface area contributed by atoms with E-state index in [1.807, 2.05) is 44.2 Å². The van der Waals surface area contributed by atoms with E-state index >= 15 is 0 Å². The fraction of sp³-hybridized carbons (Fsp3) is 0.235. The van der Waals surface area contributed by atoms with Crippen molar-refractivity contribution in [3.63, 3.8) is 0 Å². The van der Waals surface area contributed by atoms with Gasteiger partial charge in [0.25, 0.3) is 5.91 Å². The number of carbonyl (C=O) groups excluding carboxylic acids is 1. The van der Waals surface area contributed by atoms with Gasteiger partial charge in [-0.2, -0.15) is 0 Å². The van der Waals surface area contributed by atoms with Crippen molar-refractivity contribution in [1.82, 2.24) is 4.90 Å². The number of nitrogens with zero attached hydrogens (tertiary/aromatic N) is 1. The third kappa shape index (κ3) is 3.54. The van der Waals surface area contributed by atoms with Crippen LogP contribution in [0.4, 0.5) is 0 Å². The normalized spacial score (nSPS) is 10.6. The van der Waals surface area contributed by atoms with E-state index in [1.165, 1.54) is 18.2 Å². The van der Waals surface area contributed by atoms with Crippen LogP contribution in [-0.4, -0.2) is 27.1 Å². The molecule has 1 amide bonds. The highest BCUT2D eigenvalue weighted by Crippen LogP contribution is 2.25. The van der Waals surface area contributed by atoms with Crippen molar-refractivity contribution >= 4 is 5.91 Å². The van der Waals surface area contributed by atoms with Gasteiger partial charge in [0.05, 0.1) is 5.56 Å². The van der Waals surface area contributed by atoms with E-state index < -0.39 is 0 Å². The van der Waals surface area contributed by atoms with E-state index in [9.17, 15) is 15.0 Å². The zero-order valence-electron chi connectivity index (χ0n) is 12.2. The predicted molar refractivity (Wildman–Crippen MR) is 81.2 cm³/mol. The molecule has 0 aliphatic heterocycles. The molecular weight excluding hydrogens is 266 g/mol. The van der Waals surface area contributed by atoms with Gasteiger partial charge in [-0.25, -0.2) is 0 Å². The fourth-order valence-corrected chi connectivity index (χ4v) is 2.12. The average Bonchev–Trinajstić information content (AvgIpc) is 2.47. The van der Waals surface area contributed by atoms with Crippen molar-refractivity contribution in [2.75, 3.05) is 0 Å². The number of rotatable bonds is 4. The summed E-state index contributed by atoms with van der Waals surface area (Å²) in [5.41, 5.74) is 1.12. The van der Waals surface area contributed by atoms with Crippen molar-refractivity contribution < 1.29 is 15.0 Å². The minimum atomic E-state index is -0.303. The molecule has 0 fully saturated rings. The molecule has 0 saturated heterocycles. The van der Waals surface area contributed by atoms with Crippen molar-refractivity contribution in [3.8, 4) is 11.5 Å². The minimum absolute atomic E-state index is 0.0283. The lowest BCUT2D eigenvalue weighted by Gasteiger charge is -2.27. The summed E-state index contributed by atoms with van der Waals surface area (Å²) in [5.74, 6) is -0.474. The molecule has 2 rings (SSSR count). The van der Waals surface area contributed by atoms with Gasteiger partial charge in [0.2, 0.25) is 0 Å². The Morgan fingerprint density at radius 2 is 1.76 bits per heavy atom. The second kappa shape index (κ2) is 6.31. The van der Waals surface area contributed by atoms with Gasteiger partial charge in [0, 0.05) is 12.6 Å². The Hall–Kier alpha value is -2.49. The topological polar surface area (TPSA) is 60.8 Å². The Morgan fingerprint density at radius 1 is 1.10 bits per heavy atom. The number of carbonyl (C=O) groups is 1. The lowest BCUT2D eigenvalue weighted by molar-refractivity contribution is 0.0687. The molecule has 110 valence electrons. The van der Waals surface area contributed by atoms with Crippen molar-refractivity contribution in [1.29, 1.82) is 0 Å². The van der Waals surface area contributed by atoms with Crippen LogP contribution in [0.5, 0.6) is 11.5 Å². The Bertz CT molecular complexity index is 623. The molecule has 0 heterocycles. The first-order valence-corrected chi connectivity index (χ1v) is 6.86. The molecule has 0 aliphatic carbocycles.